The fourth-order valence-electron chi connectivity index (χ4n) is 4.34. The van der Waals surface area contributed by atoms with Crippen molar-refractivity contribution in [3.05, 3.63) is 66.2 Å². The van der Waals surface area contributed by atoms with Gasteiger partial charge in [0.25, 0.3) is 0 Å². The molecule has 0 bridgehead atoms. The second-order valence-electron chi connectivity index (χ2n) is 8.75. The van der Waals surface area contributed by atoms with E-state index in [1.165, 1.54) is 14.2 Å². The smallest absolute Gasteiger partial charge is 0.340 e. The van der Waals surface area contributed by atoms with Crippen LogP contribution >= 0.6 is 0 Å². The number of rotatable bonds is 9. The number of esters is 2. The minimum absolute atomic E-state index is 0.0412. The molecule has 0 amide bonds. The van der Waals surface area contributed by atoms with Gasteiger partial charge in [0, 0.05) is 12.1 Å². The Kier molecular flexibility index (Phi) is 8.10. The Balaban J connectivity index is 1.90. The van der Waals surface area contributed by atoms with E-state index in [1.54, 1.807) is 0 Å². The van der Waals surface area contributed by atoms with Crippen molar-refractivity contribution in [2.75, 3.05) is 32.3 Å². The summed E-state index contributed by atoms with van der Waals surface area (Å²) >= 11 is 0. The van der Waals surface area contributed by atoms with Crippen LogP contribution in [0.1, 0.15) is 32.3 Å². The Hall–Kier alpha value is -2.90. The van der Waals surface area contributed by atoms with Crippen molar-refractivity contribution in [1.29, 1.82) is 0 Å². The van der Waals surface area contributed by atoms with Gasteiger partial charge in [0.15, 0.2) is 5.60 Å². The first-order chi connectivity index (χ1) is 15.8. The largest absolute Gasteiger partial charge is 0.469 e. The van der Waals surface area contributed by atoms with Gasteiger partial charge in [-0.3, -0.25) is 4.79 Å². The van der Waals surface area contributed by atoms with Crippen LogP contribution in [0.4, 0.5) is 5.69 Å². The first-order valence-electron chi connectivity index (χ1n) is 11.1. The molecule has 178 valence electrons. The van der Waals surface area contributed by atoms with Crippen LogP contribution in [-0.4, -0.2) is 56.6 Å². The second kappa shape index (κ2) is 10.8. The third-order valence-electron chi connectivity index (χ3n) is 6.06. The summed E-state index contributed by atoms with van der Waals surface area (Å²) in [5, 5.41) is 0. The zero-order valence-electron chi connectivity index (χ0n) is 19.8. The molecule has 1 saturated heterocycles. The topological polar surface area (TPSA) is 74.3 Å². The summed E-state index contributed by atoms with van der Waals surface area (Å²) in [5.74, 6) is -0.914. The molecule has 2 aromatic rings. The van der Waals surface area contributed by atoms with E-state index < -0.39 is 23.1 Å². The Bertz CT molecular complexity index is 917. The van der Waals surface area contributed by atoms with Gasteiger partial charge in [-0.05, 0) is 38.0 Å². The van der Waals surface area contributed by atoms with E-state index in [0.29, 0.717) is 13.2 Å². The predicted molar refractivity (Wildman–Crippen MR) is 125 cm³/mol. The number of nitrogens with zero attached hydrogens (tertiary/aromatic N) is 1. The van der Waals surface area contributed by atoms with Crippen LogP contribution in [0.15, 0.2) is 60.7 Å². The molecule has 0 N–H and O–H groups in total. The minimum atomic E-state index is -1.32. The van der Waals surface area contributed by atoms with Gasteiger partial charge in [0.2, 0.25) is 0 Å². The Morgan fingerprint density at radius 1 is 1.00 bits per heavy atom. The molecule has 1 fully saturated rings. The van der Waals surface area contributed by atoms with Crippen LogP contribution in [0.2, 0.25) is 0 Å². The molecule has 1 heterocycles. The van der Waals surface area contributed by atoms with Gasteiger partial charge in [0.05, 0.1) is 45.6 Å². The first-order valence-corrected chi connectivity index (χ1v) is 11.1. The molecule has 0 radical (unpaired) electrons. The maximum absolute atomic E-state index is 13.0. The lowest BCUT2D eigenvalue weighted by atomic mass is 9.86. The molecule has 1 aliphatic rings. The number of anilines is 1. The van der Waals surface area contributed by atoms with Gasteiger partial charge < -0.3 is 23.8 Å². The number of methoxy groups -OCH3 is 2. The van der Waals surface area contributed by atoms with Crippen molar-refractivity contribution < 1.29 is 28.5 Å². The van der Waals surface area contributed by atoms with E-state index in [2.05, 4.69) is 4.90 Å². The fraction of sp³-hybridized carbons (Fsp3) is 0.462. The van der Waals surface area contributed by atoms with E-state index in [9.17, 15) is 9.59 Å². The van der Waals surface area contributed by atoms with Gasteiger partial charge in [-0.1, -0.05) is 48.5 Å². The summed E-state index contributed by atoms with van der Waals surface area (Å²) < 4.78 is 22.5. The van der Waals surface area contributed by atoms with Gasteiger partial charge in [-0.2, -0.15) is 0 Å². The van der Waals surface area contributed by atoms with E-state index in [0.717, 1.165) is 11.3 Å². The molecule has 2 unspecified atom stereocenters. The van der Waals surface area contributed by atoms with Crippen molar-refractivity contribution in [3.63, 3.8) is 0 Å². The highest BCUT2D eigenvalue weighted by Crippen LogP contribution is 2.40. The highest BCUT2D eigenvalue weighted by Gasteiger charge is 2.55. The lowest BCUT2D eigenvalue weighted by Gasteiger charge is -2.54. The molecule has 2 atom stereocenters. The number of carbonyl (C=O) groups is 2. The first kappa shape index (κ1) is 24.7. The van der Waals surface area contributed by atoms with E-state index in [-0.39, 0.29) is 25.4 Å². The van der Waals surface area contributed by atoms with Crippen molar-refractivity contribution in [2.45, 2.75) is 50.5 Å². The molecule has 1 aliphatic heterocycles. The quantitative estimate of drug-likeness (QED) is 0.533. The highest BCUT2D eigenvalue weighted by atomic mass is 16.6. The predicted octanol–water partition coefficient (Wildman–Crippen LogP) is 3.75. The molecular formula is C26H33NO6. The summed E-state index contributed by atoms with van der Waals surface area (Å²) in [4.78, 5) is 27.0. The molecule has 0 saturated carbocycles. The number of hydrogen-bond acceptors (Lipinski definition) is 7. The Morgan fingerprint density at radius 2 is 1.64 bits per heavy atom. The molecule has 7 heteroatoms. The third-order valence-corrected chi connectivity index (χ3v) is 6.06. The van der Waals surface area contributed by atoms with Gasteiger partial charge in [0.1, 0.15) is 0 Å². The van der Waals surface area contributed by atoms with Crippen molar-refractivity contribution in [3.8, 4) is 0 Å². The zero-order valence-corrected chi connectivity index (χ0v) is 19.8. The summed E-state index contributed by atoms with van der Waals surface area (Å²) in [6, 6.07) is 19.6. The van der Waals surface area contributed by atoms with Crippen molar-refractivity contribution in [2.24, 2.45) is 0 Å². The summed E-state index contributed by atoms with van der Waals surface area (Å²) in [6.07, 6.45) is 0.191. The van der Waals surface area contributed by atoms with Crippen LogP contribution in [0.3, 0.4) is 0 Å². The van der Waals surface area contributed by atoms with Gasteiger partial charge in [-0.15, -0.1) is 0 Å². The Morgan fingerprint density at radius 3 is 2.24 bits per heavy atom. The molecule has 2 aromatic carbocycles. The number of hydrogen-bond donors (Lipinski definition) is 0. The monoisotopic (exact) mass is 455 g/mol. The number of ether oxygens (including phenoxy) is 4. The van der Waals surface area contributed by atoms with E-state index >= 15 is 0 Å². The van der Waals surface area contributed by atoms with Crippen LogP contribution in [-0.2, 0) is 35.1 Å². The highest BCUT2D eigenvalue weighted by molar-refractivity contribution is 5.82. The Labute approximate surface area is 195 Å². The zero-order chi connectivity index (χ0) is 23.9. The maximum atomic E-state index is 13.0. The van der Waals surface area contributed by atoms with Gasteiger partial charge >= 0.3 is 11.9 Å². The van der Waals surface area contributed by atoms with Crippen LogP contribution < -0.4 is 4.90 Å². The van der Waals surface area contributed by atoms with Crippen LogP contribution in [0, 0.1) is 0 Å². The summed E-state index contributed by atoms with van der Waals surface area (Å²) in [7, 11) is 2.66. The number of carbonyl (C=O) groups excluding carboxylic acids is 2. The molecule has 3 rings (SSSR count). The normalized spacial score (nSPS) is 21.9. The number of para-hydroxylation sites is 1. The average Bonchev–Trinajstić information content (AvgIpc) is 2.83. The van der Waals surface area contributed by atoms with Crippen molar-refractivity contribution in [1.82, 2.24) is 0 Å². The molecule has 33 heavy (non-hydrogen) atoms. The summed E-state index contributed by atoms with van der Waals surface area (Å²) in [6.45, 7) is 4.97. The minimum Gasteiger partial charge on any atom is -0.469 e. The lowest BCUT2D eigenvalue weighted by Crippen LogP contribution is -2.69. The molecule has 0 aliphatic carbocycles. The number of morpholine rings is 1. The van der Waals surface area contributed by atoms with E-state index in [4.69, 9.17) is 18.9 Å². The van der Waals surface area contributed by atoms with Crippen LogP contribution in [0.25, 0.3) is 0 Å². The average molecular weight is 456 g/mol. The fourth-order valence-corrected chi connectivity index (χ4v) is 4.34. The number of benzene rings is 2. The standard InChI is InChI=1S/C26H33NO6/c1-25(2)22(18-32-17-20-11-7-5-8-12-20)27(21-13-9-6-10-14-21)19-26(33-25,24(29)31-4)16-15-23(28)30-3/h5-14,22H,15-19H2,1-4H3. The molecular weight excluding hydrogens is 422 g/mol. The lowest BCUT2D eigenvalue weighted by molar-refractivity contribution is -0.209. The summed E-state index contributed by atoms with van der Waals surface area (Å²) in [5.41, 5.74) is -0.0818. The third kappa shape index (κ3) is 5.92. The molecule has 0 aromatic heterocycles. The molecule has 7 nitrogen and oxygen atoms in total. The maximum Gasteiger partial charge on any atom is 0.340 e. The molecule has 0 spiro atoms. The van der Waals surface area contributed by atoms with Gasteiger partial charge in [-0.25, -0.2) is 4.79 Å². The van der Waals surface area contributed by atoms with Crippen LogP contribution in [0.5, 0.6) is 0 Å². The van der Waals surface area contributed by atoms with Crippen molar-refractivity contribution >= 4 is 17.6 Å². The SMILES string of the molecule is COC(=O)CCC1(C(=O)OC)CN(c2ccccc2)C(COCc2ccccc2)C(C)(C)O1. The van der Waals surface area contributed by atoms with E-state index in [1.807, 2.05) is 74.5 Å². The second-order valence-corrected chi connectivity index (χ2v) is 8.75.